The van der Waals surface area contributed by atoms with Crippen LogP contribution in [0.15, 0.2) is 18.7 Å². The van der Waals surface area contributed by atoms with Gasteiger partial charge in [0.2, 0.25) is 0 Å². The Morgan fingerprint density at radius 2 is 1.87 bits per heavy atom. The first-order chi connectivity index (χ1) is 14.5. The van der Waals surface area contributed by atoms with Gasteiger partial charge in [-0.25, -0.2) is 9.97 Å². The molecule has 2 aliphatic heterocycles. The average Bonchev–Trinajstić information content (AvgIpc) is 3.48. The number of nitrogens with one attached hydrogen (secondary N) is 1. The largest absolute Gasteiger partial charge is 0.356 e. The van der Waals surface area contributed by atoms with Gasteiger partial charge in [0.05, 0.1) is 11.9 Å². The van der Waals surface area contributed by atoms with E-state index in [1.807, 2.05) is 19.4 Å². The molecule has 0 bridgehead atoms. The van der Waals surface area contributed by atoms with Crippen LogP contribution in [0.5, 0.6) is 0 Å². The number of fused-ring (bicyclic) bond motifs is 1. The van der Waals surface area contributed by atoms with Crippen LogP contribution in [0.2, 0.25) is 0 Å². The minimum absolute atomic E-state index is 0.0248. The van der Waals surface area contributed by atoms with Gasteiger partial charge >= 0.3 is 0 Å². The maximum absolute atomic E-state index is 12.5. The minimum Gasteiger partial charge on any atom is -0.356 e. The van der Waals surface area contributed by atoms with Gasteiger partial charge < -0.3 is 4.90 Å². The molecule has 9 nitrogen and oxygen atoms in total. The lowest BCUT2D eigenvalue weighted by Crippen LogP contribution is -2.49. The average molecular weight is 430 g/mol. The fourth-order valence-corrected chi connectivity index (χ4v) is 6.11. The Kier molecular flexibility index (Phi) is 5.08. The quantitative estimate of drug-likeness (QED) is 0.767. The Labute approximate surface area is 177 Å². The summed E-state index contributed by atoms with van der Waals surface area (Å²) in [7, 11) is -1.45. The molecule has 2 aromatic heterocycles. The third kappa shape index (κ3) is 3.75. The first-order valence-corrected chi connectivity index (χ1v) is 12.0. The van der Waals surface area contributed by atoms with Crippen molar-refractivity contribution < 1.29 is 8.42 Å². The molecule has 10 heteroatoms. The van der Waals surface area contributed by atoms with Crippen LogP contribution in [0.25, 0.3) is 11.6 Å². The van der Waals surface area contributed by atoms with Crippen LogP contribution in [0.3, 0.4) is 0 Å². The van der Waals surface area contributed by atoms with Crippen molar-refractivity contribution in [3.05, 3.63) is 35.5 Å². The van der Waals surface area contributed by atoms with Gasteiger partial charge in [0.15, 0.2) is 0 Å². The highest BCUT2D eigenvalue weighted by Gasteiger charge is 2.31. The number of allylic oxidation sites excluding steroid dienone is 1. The van der Waals surface area contributed by atoms with Gasteiger partial charge in [0, 0.05) is 63.0 Å². The molecular weight excluding hydrogens is 402 g/mol. The van der Waals surface area contributed by atoms with Crippen LogP contribution in [0.4, 0.5) is 5.82 Å². The van der Waals surface area contributed by atoms with Gasteiger partial charge in [0.1, 0.15) is 12.1 Å². The molecule has 0 spiro atoms. The fraction of sp³-hybridized carbons (Fsp3) is 0.550. The molecule has 0 unspecified atom stereocenters. The second-order valence-corrected chi connectivity index (χ2v) is 10.00. The minimum atomic E-state index is -3.37. The maximum Gasteiger partial charge on any atom is 0.279 e. The fourth-order valence-electron chi connectivity index (χ4n) is 4.56. The normalized spacial score (nSPS) is 20.6. The van der Waals surface area contributed by atoms with Crippen LogP contribution in [0, 0.1) is 0 Å². The zero-order valence-corrected chi connectivity index (χ0v) is 18.0. The predicted molar refractivity (Wildman–Crippen MR) is 115 cm³/mol. The lowest BCUT2D eigenvalue weighted by molar-refractivity contribution is 0.420. The summed E-state index contributed by atoms with van der Waals surface area (Å²) >= 11 is 0. The molecule has 160 valence electrons. The molecule has 1 N–H and O–H groups in total. The predicted octanol–water partition coefficient (Wildman–Crippen LogP) is 1.21. The molecule has 5 rings (SSSR count). The monoisotopic (exact) mass is 429 g/mol. The van der Waals surface area contributed by atoms with Crippen molar-refractivity contribution in [1.29, 1.82) is 0 Å². The molecule has 0 saturated carbocycles. The number of anilines is 1. The van der Waals surface area contributed by atoms with Crippen LogP contribution < -0.4 is 9.62 Å². The number of piperidine rings is 1. The second-order valence-electron chi connectivity index (χ2n) is 8.30. The Bertz CT molecular complexity index is 1060. The SMILES string of the molecule is Cn1cc(C2=Cc3c(ncnc3N3CCC(NS(=O)(=O)N4CCCC4)CC3)C2)cn1. The first-order valence-electron chi connectivity index (χ1n) is 10.6. The lowest BCUT2D eigenvalue weighted by atomic mass is 10.1. The van der Waals surface area contributed by atoms with Crippen molar-refractivity contribution >= 4 is 27.7 Å². The molecule has 1 aliphatic carbocycles. The summed E-state index contributed by atoms with van der Waals surface area (Å²) in [6.45, 7) is 2.80. The van der Waals surface area contributed by atoms with Gasteiger partial charge in [-0.05, 0) is 37.3 Å². The van der Waals surface area contributed by atoms with E-state index < -0.39 is 10.2 Å². The van der Waals surface area contributed by atoms with Crippen molar-refractivity contribution in [2.75, 3.05) is 31.1 Å². The maximum atomic E-state index is 12.5. The zero-order valence-electron chi connectivity index (χ0n) is 17.2. The van der Waals surface area contributed by atoms with Crippen molar-refractivity contribution in [2.45, 2.75) is 38.1 Å². The molecule has 2 fully saturated rings. The summed E-state index contributed by atoms with van der Waals surface area (Å²) in [5, 5.41) is 4.27. The zero-order chi connectivity index (χ0) is 20.7. The Morgan fingerprint density at radius 3 is 2.57 bits per heavy atom. The number of aryl methyl sites for hydroxylation is 1. The van der Waals surface area contributed by atoms with Gasteiger partial charge in [-0.3, -0.25) is 4.68 Å². The number of nitrogens with zero attached hydrogens (tertiary/aromatic N) is 6. The first kappa shape index (κ1) is 19.7. The number of rotatable bonds is 5. The third-order valence-electron chi connectivity index (χ3n) is 6.21. The molecule has 30 heavy (non-hydrogen) atoms. The molecule has 0 aromatic carbocycles. The Balaban J connectivity index is 1.28. The molecule has 0 atom stereocenters. The number of aromatic nitrogens is 4. The molecular formula is C20H27N7O2S. The van der Waals surface area contributed by atoms with Crippen LogP contribution in [-0.4, -0.2) is 64.7 Å². The summed E-state index contributed by atoms with van der Waals surface area (Å²) in [6, 6.07) is -0.0248. The summed E-state index contributed by atoms with van der Waals surface area (Å²) in [6.07, 6.45) is 11.9. The van der Waals surface area contributed by atoms with E-state index >= 15 is 0 Å². The highest BCUT2D eigenvalue weighted by molar-refractivity contribution is 7.87. The summed E-state index contributed by atoms with van der Waals surface area (Å²) in [5.41, 5.74) is 4.42. The Morgan fingerprint density at radius 1 is 1.10 bits per heavy atom. The van der Waals surface area contributed by atoms with Crippen molar-refractivity contribution in [2.24, 2.45) is 7.05 Å². The molecule has 3 aliphatic rings. The molecule has 0 amide bonds. The second kappa shape index (κ2) is 7.75. The van der Waals surface area contributed by atoms with Crippen LogP contribution in [-0.2, 0) is 23.7 Å². The molecule has 4 heterocycles. The lowest BCUT2D eigenvalue weighted by Gasteiger charge is -2.34. The Hall–Kier alpha value is -2.30. The highest BCUT2D eigenvalue weighted by atomic mass is 32.2. The molecule has 2 saturated heterocycles. The van der Waals surface area contributed by atoms with E-state index in [1.165, 1.54) is 5.57 Å². The highest BCUT2D eigenvalue weighted by Crippen LogP contribution is 2.35. The standard InChI is InChI=1S/C20H27N7O2S/c1-25-13-16(12-23-25)15-10-18-19(11-15)21-14-22-20(18)26-8-4-17(5-9-26)24-30(28,29)27-6-2-3-7-27/h10,12-14,17,24H,2-9,11H2,1H3. The van der Waals surface area contributed by atoms with Crippen LogP contribution >= 0.6 is 0 Å². The smallest absolute Gasteiger partial charge is 0.279 e. The van der Waals surface area contributed by atoms with Crippen molar-refractivity contribution in [3.63, 3.8) is 0 Å². The number of hydrogen-bond donors (Lipinski definition) is 1. The van der Waals surface area contributed by atoms with E-state index in [4.69, 9.17) is 0 Å². The molecule has 0 radical (unpaired) electrons. The third-order valence-corrected chi connectivity index (χ3v) is 7.89. The summed E-state index contributed by atoms with van der Waals surface area (Å²) in [4.78, 5) is 11.3. The van der Waals surface area contributed by atoms with Crippen LogP contribution in [0.1, 0.15) is 42.5 Å². The number of hydrogen-bond acceptors (Lipinski definition) is 6. The van der Waals surface area contributed by atoms with Gasteiger partial charge in [0.25, 0.3) is 10.2 Å². The topological polar surface area (TPSA) is 96.2 Å². The van der Waals surface area contributed by atoms with Crippen molar-refractivity contribution in [1.82, 2.24) is 28.8 Å². The molecule has 2 aromatic rings. The van der Waals surface area contributed by atoms with E-state index in [-0.39, 0.29) is 6.04 Å². The summed E-state index contributed by atoms with van der Waals surface area (Å²) < 4.78 is 31.4. The van der Waals surface area contributed by atoms with E-state index in [0.29, 0.717) is 13.1 Å². The van der Waals surface area contributed by atoms with Crippen molar-refractivity contribution in [3.8, 4) is 0 Å². The van der Waals surface area contributed by atoms with Gasteiger partial charge in [-0.1, -0.05) is 0 Å². The van der Waals surface area contributed by atoms with E-state index in [2.05, 4.69) is 30.8 Å². The summed E-state index contributed by atoms with van der Waals surface area (Å²) in [5.74, 6) is 0.944. The van der Waals surface area contributed by atoms with E-state index in [9.17, 15) is 8.42 Å². The van der Waals surface area contributed by atoms with E-state index in [1.54, 1.807) is 15.3 Å². The van der Waals surface area contributed by atoms with E-state index in [0.717, 1.165) is 67.8 Å². The van der Waals surface area contributed by atoms with Gasteiger partial charge in [-0.15, -0.1) is 0 Å². The van der Waals surface area contributed by atoms with Gasteiger partial charge in [-0.2, -0.15) is 22.5 Å².